The van der Waals surface area contributed by atoms with Gasteiger partial charge in [0.1, 0.15) is 0 Å². The van der Waals surface area contributed by atoms with Crippen molar-refractivity contribution in [2.24, 2.45) is 12.8 Å². The maximum absolute atomic E-state index is 12.9. The molecule has 0 aliphatic rings. The largest absolute Gasteiger partial charge is 0.465 e. The van der Waals surface area contributed by atoms with Crippen LogP contribution in [0, 0.1) is 0 Å². The lowest BCUT2D eigenvalue weighted by Crippen LogP contribution is -2.22. The molecule has 0 unspecified atom stereocenters. The average Bonchev–Trinajstić information content (AvgIpc) is 3.80. The monoisotopic (exact) mass is 635 g/mol. The molecule has 0 radical (unpaired) electrons. The van der Waals surface area contributed by atoms with E-state index in [9.17, 15) is 9.59 Å². The van der Waals surface area contributed by atoms with E-state index in [1.807, 2.05) is 0 Å². The van der Waals surface area contributed by atoms with Crippen LogP contribution in [-0.4, -0.2) is 94.2 Å². The number of urea groups is 1. The van der Waals surface area contributed by atoms with Crippen molar-refractivity contribution >= 4 is 40.3 Å². The van der Waals surface area contributed by atoms with Gasteiger partial charge in [-0.1, -0.05) is 12.1 Å². The van der Waals surface area contributed by atoms with E-state index in [1.54, 1.807) is 54.3 Å². The third-order valence-electron chi connectivity index (χ3n) is 6.53. The summed E-state index contributed by atoms with van der Waals surface area (Å²) in [6.45, 7) is 3.97. The number of carbonyl (C=O) groups excluding carboxylic acids is 2. The van der Waals surface area contributed by atoms with Gasteiger partial charge >= 0.3 is 12.0 Å². The van der Waals surface area contributed by atoms with E-state index in [2.05, 4.69) is 30.8 Å². The molecule has 46 heavy (non-hydrogen) atoms. The normalized spacial score (nSPS) is 11.3. The summed E-state index contributed by atoms with van der Waals surface area (Å²) in [6.07, 6.45) is 4.83. The van der Waals surface area contributed by atoms with Crippen molar-refractivity contribution in [2.75, 3.05) is 63.4 Å². The van der Waals surface area contributed by atoms with Crippen molar-refractivity contribution in [1.82, 2.24) is 29.4 Å². The van der Waals surface area contributed by atoms with Gasteiger partial charge in [0.25, 0.3) is 0 Å². The van der Waals surface area contributed by atoms with Crippen molar-refractivity contribution in [2.45, 2.75) is 19.3 Å². The summed E-state index contributed by atoms with van der Waals surface area (Å²) >= 11 is 0. The minimum atomic E-state index is -0.549. The first-order chi connectivity index (χ1) is 22.5. The summed E-state index contributed by atoms with van der Waals surface area (Å²) in [6, 6.07) is 9.80. The third-order valence-corrected chi connectivity index (χ3v) is 6.53. The zero-order valence-corrected chi connectivity index (χ0v) is 25.5. The van der Waals surface area contributed by atoms with Gasteiger partial charge < -0.3 is 34.4 Å². The number of aromatic nitrogens is 6. The number of nitrogens with one attached hydrogen (secondary N) is 2. The molecular formula is C30H37N9O7. The quantitative estimate of drug-likeness (QED) is 0.0942. The first kappa shape index (κ1) is 32.5. The number of hydrogen-bond donors (Lipinski definition) is 3. The van der Waals surface area contributed by atoms with E-state index >= 15 is 0 Å². The van der Waals surface area contributed by atoms with Crippen molar-refractivity contribution in [3.63, 3.8) is 0 Å². The number of fused-ring (bicyclic) bond motifs is 3. The van der Waals surface area contributed by atoms with Gasteiger partial charge in [-0.05, 0) is 42.8 Å². The predicted octanol–water partition coefficient (Wildman–Crippen LogP) is 2.79. The predicted molar refractivity (Wildman–Crippen MR) is 167 cm³/mol. The highest BCUT2D eigenvalue weighted by Crippen LogP contribution is 2.24. The minimum absolute atomic E-state index is 0.102. The molecule has 4 N–H and O–H groups in total. The number of furan rings is 1. The Balaban J connectivity index is 1.03. The Morgan fingerprint density at radius 2 is 1.63 bits per heavy atom. The van der Waals surface area contributed by atoms with Gasteiger partial charge in [0, 0.05) is 38.6 Å². The molecule has 5 aromatic rings. The van der Waals surface area contributed by atoms with E-state index in [0.29, 0.717) is 86.6 Å². The number of benzene rings is 1. The van der Waals surface area contributed by atoms with Crippen LogP contribution in [0.1, 0.15) is 18.4 Å². The molecular weight excluding hydrogens is 598 g/mol. The smallest absolute Gasteiger partial charge is 0.326 e. The van der Waals surface area contributed by atoms with Gasteiger partial charge in [-0.3, -0.25) is 14.8 Å². The number of rotatable bonds is 18. The molecule has 0 spiro atoms. The Morgan fingerprint density at radius 1 is 0.891 bits per heavy atom. The summed E-state index contributed by atoms with van der Waals surface area (Å²) in [5.74, 6) is 0.592. The average molecular weight is 636 g/mol. The topological polar surface area (TPSA) is 195 Å². The van der Waals surface area contributed by atoms with Crippen LogP contribution in [-0.2, 0) is 37.2 Å². The van der Waals surface area contributed by atoms with Gasteiger partial charge in [0.2, 0.25) is 11.8 Å². The van der Waals surface area contributed by atoms with Crippen molar-refractivity contribution in [1.29, 1.82) is 0 Å². The molecule has 2 amide bonds. The first-order valence-electron chi connectivity index (χ1n) is 14.9. The van der Waals surface area contributed by atoms with E-state index in [0.717, 1.165) is 12.0 Å². The molecule has 16 heteroatoms. The highest BCUT2D eigenvalue weighted by molar-refractivity contribution is 6.00. The number of hydrogen-bond acceptors (Lipinski definition) is 12. The second-order valence-corrected chi connectivity index (χ2v) is 10.1. The van der Waals surface area contributed by atoms with E-state index < -0.39 is 6.03 Å². The van der Waals surface area contributed by atoms with Crippen LogP contribution in [0.3, 0.4) is 0 Å². The molecule has 0 aliphatic heterocycles. The van der Waals surface area contributed by atoms with Crippen LogP contribution in [0.4, 0.5) is 16.4 Å². The molecule has 0 fully saturated rings. The van der Waals surface area contributed by atoms with Crippen LogP contribution in [0.5, 0.6) is 0 Å². The number of amides is 2. The molecule has 4 aromatic heterocycles. The first-order valence-corrected chi connectivity index (χ1v) is 14.9. The molecule has 0 saturated heterocycles. The summed E-state index contributed by atoms with van der Waals surface area (Å²) in [5, 5.41) is 15.0. The van der Waals surface area contributed by atoms with Gasteiger partial charge in [0.15, 0.2) is 17.1 Å². The highest BCUT2D eigenvalue weighted by Gasteiger charge is 2.19. The SMILES string of the molecule is Cn1cc2c(nc(NC(=O)Nc3ccc(CC(=O)OCCCOCCOCCOCCCN)cc3)n3nc(-c4ccco4)nc23)n1. The standard InChI is InChI=1S/C30H37N9O7/c1-38-20-23-26(36-38)34-29(39-28(23)33-27(37-39)24-5-2-13-45-24)35-30(41)32-22-8-6-21(7-9-22)19-25(40)46-14-4-12-43-16-18-44-17-15-42-11-3-10-31/h2,5-9,13,20H,3-4,10-12,14-19,31H2,1H3,(H2,32,34,35,36,41). The molecule has 0 bridgehead atoms. The number of esters is 1. The third kappa shape index (κ3) is 9.07. The number of aryl methyl sites for hydroxylation is 1. The number of anilines is 2. The van der Waals surface area contributed by atoms with E-state index in [4.69, 9.17) is 29.1 Å². The molecule has 16 nitrogen and oxygen atoms in total. The van der Waals surface area contributed by atoms with Crippen LogP contribution in [0.25, 0.3) is 28.3 Å². The number of ether oxygens (including phenoxy) is 4. The van der Waals surface area contributed by atoms with Crippen LogP contribution in [0.15, 0.2) is 53.3 Å². The van der Waals surface area contributed by atoms with Crippen LogP contribution >= 0.6 is 0 Å². The molecule has 1 aromatic carbocycles. The Hall–Kier alpha value is -4.90. The van der Waals surface area contributed by atoms with E-state index in [-0.39, 0.29) is 24.9 Å². The lowest BCUT2D eigenvalue weighted by atomic mass is 10.1. The van der Waals surface area contributed by atoms with Gasteiger partial charge in [-0.2, -0.15) is 14.6 Å². The van der Waals surface area contributed by atoms with Crippen LogP contribution < -0.4 is 16.4 Å². The lowest BCUT2D eigenvalue weighted by molar-refractivity contribution is -0.143. The minimum Gasteiger partial charge on any atom is -0.465 e. The fraction of sp³-hybridized carbons (Fsp3) is 0.400. The molecule has 5 rings (SSSR count). The molecule has 0 atom stereocenters. The molecule has 244 valence electrons. The van der Waals surface area contributed by atoms with Gasteiger partial charge in [-0.25, -0.2) is 9.78 Å². The number of carbonyl (C=O) groups is 2. The van der Waals surface area contributed by atoms with Gasteiger partial charge in [-0.15, -0.1) is 5.10 Å². The number of nitrogens with two attached hydrogens (primary N) is 1. The summed E-state index contributed by atoms with van der Waals surface area (Å²) in [4.78, 5) is 34.2. The summed E-state index contributed by atoms with van der Waals surface area (Å²) in [5.41, 5.74) is 7.52. The fourth-order valence-electron chi connectivity index (χ4n) is 4.35. The lowest BCUT2D eigenvalue weighted by Gasteiger charge is -2.09. The van der Waals surface area contributed by atoms with E-state index in [1.165, 1.54) is 10.8 Å². The summed E-state index contributed by atoms with van der Waals surface area (Å²) in [7, 11) is 1.77. The van der Waals surface area contributed by atoms with Crippen molar-refractivity contribution in [3.05, 3.63) is 54.4 Å². The Labute approximate surface area is 264 Å². The Bertz CT molecular complexity index is 1700. The van der Waals surface area contributed by atoms with Crippen molar-refractivity contribution in [3.8, 4) is 11.6 Å². The van der Waals surface area contributed by atoms with Crippen molar-refractivity contribution < 1.29 is 33.0 Å². The highest BCUT2D eigenvalue weighted by atomic mass is 16.5. The fourth-order valence-corrected chi connectivity index (χ4v) is 4.35. The van der Waals surface area contributed by atoms with Crippen LogP contribution in [0.2, 0.25) is 0 Å². The zero-order chi connectivity index (χ0) is 32.1. The molecule has 4 heterocycles. The maximum Gasteiger partial charge on any atom is 0.326 e. The maximum atomic E-state index is 12.9. The molecule has 0 saturated carbocycles. The second kappa shape index (κ2) is 16.4. The van der Waals surface area contributed by atoms with Gasteiger partial charge in [0.05, 0.1) is 51.1 Å². The Morgan fingerprint density at radius 3 is 2.35 bits per heavy atom. The number of nitrogens with zero attached hydrogens (tertiary/aromatic N) is 6. The Kier molecular flexibility index (Phi) is 11.6. The zero-order valence-electron chi connectivity index (χ0n) is 25.5. The summed E-state index contributed by atoms with van der Waals surface area (Å²) < 4.78 is 30.0. The second-order valence-electron chi connectivity index (χ2n) is 10.1. The molecule has 0 aliphatic carbocycles.